The van der Waals surface area contributed by atoms with Crippen molar-refractivity contribution in [2.45, 2.75) is 19.3 Å². The van der Waals surface area contributed by atoms with Gasteiger partial charge in [-0.15, -0.1) is 0 Å². The maximum Gasteiger partial charge on any atom is 0.159 e. The van der Waals surface area contributed by atoms with Crippen molar-refractivity contribution in [1.29, 1.82) is 0 Å². The number of benzene rings is 2. The van der Waals surface area contributed by atoms with E-state index in [9.17, 15) is 4.79 Å². The van der Waals surface area contributed by atoms with Gasteiger partial charge >= 0.3 is 0 Å². The summed E-state index contributed by atoms with van der Waals surface area (Å²) in [6, 6.07) is 15.9. The number of carbonyl (C=O) groups excluding carboxylic acids is 1. The molecular formula is C21H18N2O2. The van der Waals surface area contributed by atoms with Crippen LogP contribution in [0.25, 0.3) is 16.9 Å². The number of H-pyrrole nitrogens is 1. The Kier molecular flexibility index (Phi) is 4.17. The predicted octanol–water partition coefficient (Wildman–Crippen LogP) is 4.40. The number of aromatic nitrogens is 2. The van der Waals surface area contributed by atoms with Gasteiger partial charge in [0.05, 0.1) is 6.20 Å². The Bertz CT molecular complexity index is 927. The summed E-state index contributed by atoms with van der Waals surface area (Å²) in [6.07, 6.45) is 7.55. The highest BCUT2D eigenvalue weighted by atomic mass is 16.5. The second-order valence-electron chi connectivity index (χ2n) is 6.10. The molecule has 0 saturated carbocycles. The number of carbonyl (C=O) groups is 1. The number of nitrogens with zero attached hydrogens (tertiary/aromatic N) is 1. The van der Waals surface area contributed by atoms with Crippen molar-refractivity contribution in [2.75, 3.05) is 0 Å². The Hall–Kier alpha value is -3.14. The minimum atomic E-state index is 0.107. The van der Waals surface area contributed by atoms with E-state index < -0.39 is 0 Å². The van der Waals surface area contributed by atoms with Gasteiger partial charge in [-0.2, -0.15) is 5.10 Å². The monoisotopic (exact) mass is 330 g/mol. The summed E-state index contributed by atoms with van der Waals surface area (Å²) in [7, 11) is 0. The zero-order chi connectivity index (χ0) is 17.1. The van der Waals surface area contributed by atoms with Crippen LogP contribution in [0.5, 0.6) is 5.75 Å². The number of aromatic amines is 1. The fourth-order valence-corrected chi connectivity index (χ4v) is 3.09. The quantitative estimate of drug-likeness (QED) is 0.774. The first-order chi connectivity index (χ1) is 12.3. The summed E-state index contributed by atoms with van der Waals surface area (Å²) in [5.74, 6) is 1.42. The summed E-state index contributed by atoms with van der Waals surface area (Å²) >= 11 is 0. The van der Waals surface area contributed by atoms with E-state index >= 15 is 0 Å². The molecule has 0 atom stereocenters. The van der Waals surface area contributed by atoms with Crippen LogP contribution in [0, 0.1) is 0 Å². The van der Waals surface area contributed by atoms with Gasteiger partial charge in [0.25, 0.3) is 0 Å². The fraction of sp³-hybridized carbons (Fsp3) is 0.143. The molecule has 4 nitrogen and oxygen atoms in total. The van der Waals surface area contributed by atoms with Crippen molar-refractivity contribution in [3.05, 3.63) is 78.1 Å². The Labute approximate surface area is 146 Å². The molecule has 2 aromatic carbocycles. The Morgan fingerprint density at radius 3 is 2.80 bits per heavy atom. The lowest BCUT2D eigenvalue weighted by molar-refractivity contribution is -0.114. The molecule has 0 saturated heterocycles. The Morgan fingerprint density at radius 2 is 1.92 bits per heavy atom. The molecule has 4 heteroatoms. The van der Waals surface area contributed by atoms with Crippen LogP contribution in [0.15, 0.2) is 67.0 Å². The molecule has 1 aliphatic carbocycles. The molecule has 4 rings (SSSR count). The van der Waals surface area contributed by atoms with Crippen molar-refractivity contribution in [2.24, 2.45) is 0 Å². The topological polar surface area (TPSA) is 55.0 Å². The summed E-state index contributed by atoms with van der Waals surface area (Å²) in [5, 5.41) is 6.80. The molecule has 3 aromatic rings. The number of nitrogens with one attached hydrogen (secondary N) is 1. The molecule has 25 heavy (non-hydrogen) atoms. The predicted molar refractivity (Wildman–Crippen MR) is 97.0 cm³/mol. The van der Waals surface area contributed by atoms with Crippen molar-refractivity contribution in [3.63, 3.8) is 0 Å². The van der Waals surface area contributed by atoms with Gasteiger partial charge < -0.3 is 4.74 Å². The van der Waals surface area contributed by atoms with Gasteiger partial charge in [-0.3, -0.25) is 9.89 Å². The number of rotatable bonds is 3. The minimum absolute atomic E-state index is 0.107. The zero-order valence-corrected chi connectivity index (χ0v) is 13.7. The van der Waals surface area contributed by atoms with E-state index in [4.69, 9.17) is 4.74 Å². The van der Waals surface area contributed by atoms with Crippen LogP contribution in [0.4, 0.5) is 0 Å². The van der Waals surface area contributed by atoms with E-state index in [2.05, 4.69) is 16.3 Å². The van der Waals surface area contributed by atoms with Gasteiger partial charge in [0.1, 0.15) is 11.5 Å². The maximum atomic E-state index is 12.1. The smallest absolute Gasteiger partial charge is 0.159 e. The van der Waals surface area contributed by atoms with Crippen LogP contribution in [0.2, 0.25) is 0 Å². The number of ether oxygens (including phenoxy) is 1. The van der Waals surface area contributed by atoms with Crippen LogP contribution in [0.1, 0.15) is 24.0 Å². The van der Waals surface area contributed by atoms with Gasteiger partial charge in [0.2, 0.25) is 0 Å². The van der Waals surface area contributed by atoms with Crippen LogP contribution in [0.3, 0.4) is 0 Å². The summed E-state index contributed by atoms with van der Waals surface area (Å²) in [4.78, 5) is 12.1. The lowest BCUT2D eigenvalue weighted by Gasteiger charge is -2.17. The average Bonchev–Trinajstić information content (AvgIpc) is 3.15. The van der Waals surface area contributed by atoms with Crippen LogP contribution >= 0.6 is 0 Å². The normalized spacial score (nSPS) is 14.2. The van der Waals surface area contributed by atoms with Crippen molar-refractivity contribution in [3.8, 4) is 16.9 Å². The maximum absolute atomic E-state index is 12.1. The first kappa shape index (κ1) is 15.4. The van der Waals surface area contributed by atoms with Crippen LogP contribution in [-0.2, 0) is 11.2 Å². The Morgan fingerprint density at radius 1 is 1.00 bits per heavy atom. The van der Waals surface area contributed by atoms with Gasteiger partial charge in [-0.25, -0.2) is 0 Å². The third-order valence-corrected chi connectivity index (χ3v) is 4.34. The SMILES string of the molecule is O=C1C=C(Oc2cccc(-c3cn[nH]c3)c2)c2ccccc2CCC1. The Balaban J connectivity index is 1.70. The molecule has 1 N–H and O–H groups in total. The summed E-state index contributed by atoms with van der Waals surface area (Å²) < 4.78 is 6.14. The van der Waals surface area contributed by atoms with E-state index in [1.54, 1.807) is 12.3 Å². The molecule has 1 aromatic heterocycles. The van der Waals surface area contributed by atoms with Gasteiger partial charge in [0.15, 0.2) is 5.78 Å². The molecule has 0 fully saturated rings. The fourth-order valence-electron chi connectivity index (χ4n) is 3.09. The van der Waals surface area contributed by atoms with E-state index in [0.29, 0.717) is 17.9 Å². The molecule has 0 bridgehead atoms. The molecule has 0 spiro atoms. The number of fused-ring (bicyclic) bond motifs is 1. The summed E-state index contributed by atoms with van der Waals surface area (Å²) in [5.41, 5.74) is 4.21. The molecule has 1 aliphatic rings. The highest BCUT2D eigenvalue weighted by Crippen LogP contribution is 2.29. The minimum Gasteiger partial charge on any atom is -0.457 e. The average molecular weight is 330 g/mol. The first-order valence-corrected chi connectivity index (χ1v) is 8.39. The van der Waals surface area contributed by atoms with Crippen LogP contribution in [-0.4, -0.2) is 16.0 Å². The van der Waals surface area contributed by atoms with E-state index in [-0.39, 0.29) is 5.78 Å². The molecule has 1 heterocycles. The molecule has 0 amide bonds. The number of aryl methyl sites for hydroxylation is 1. The highest BCUT2D eigenvalue weighted by molar-refractivity contribution is 5.96. The lowest BCUT2D eigenvalue weighted by Crippen LogP contribution is -2.07. The summed E-state index contributed by atoms with van der Waals surface area (Å²) in [6.45, 7) is 0. The molecule has 0 unspecified atom stereocenters. The van der Waals surface area contributed by atoms with E-state index in [1.165, 1.54) is 5.56 Å². The second-order valence-corrected chi connectivity index (χ2v) is 6.10. The van der Waals surface area contributed by atoms with E-state index in [1.807, 2.05) is 48.7 Å². The van der Waals surface area contributed by atoms with Gasteiger partial charge in [-0.1, -0.05) is 36.4 Å². The van der Waals surface area contributed by atoms with Crippen molar-refractivity contribution < 1.29 is 9.53 Å². The molecule has 0 radical (unpaired) electrons. The third-order valence-electron chi connectivity index (χ3n) is 4.34. The largest absolute Gasteiger partial charge is 0.457 e. The highest BCUT2D eigenvalue weighted by Gasteiger charge is 2.15. The molecular weight excluding hydrogens is 312 g/mol. The lowest BCUT2D eigenvalue weighted by atomic mass is 9.96. The third kappa shape index (κ3) is 3.38. The van der Waals surface area contributed by atoms with Crippen molar-refractivity contribution in [1.82, 2.24) is 10.2 Å². The van der Waals surface area contributed by atoms with E-state index in [0.717, 1.165) is 29.5 Å². The number of hydrogen-bond donors (Lipinski definition) is 1. The first-order valence-electron chi connectivity index (χ1n) is 8.39. The van der Waals surface area contributed by atoms with Gasteiger partial charge in [-0.05, 0) is 36.1 Å². The standard InChI is InChI=1S/C21H18N2O2/c24-18-8-3-6-15-5-1-2-10-20(15)21(12-18)25-19-9-4-7-16(11-19)17-13-22-23-14-17/h1-2,4-5,7,9-14H,3,6,8H2,(H,22,23). The number of allylic oxidation sites excluding steroid dienone is 1. The molecule has 0 aliphatic heterocycles. The second kappa shape index (κ2) is 6.77. The number of ketones is 1. The van der Waals surface area contributed by atoms with Gasteiger partial charge in [0, 0.05) is 29.8 Å². The zero-order valence-electron chi connectivity index (χ0n) is 13.7. The van der Waals surface area contributed by atoms with Crippen molar-refractivity contribution >= 4 is 11.5 Å². The number of hydrogen-bond acceptors (Lipinski definition) is 3. The van der Waals surface area contributed by atoms with Crippen LogP contribution < -0.4 is 4.74 Å². The molecule has 124 valence electrons.